The number of hydrogen-bond donors (Lipinski definition) is 1. The molecule has 2 saturated heterocycles. The number of rotatable bonds is 6. The van der Waals surface area contributed by atoms with Gasteiger partial charge in [0, 0.05) is 30.1 Å². The molecule has 3 fully saturated rings. The molecule has 1 saturated carbocycles. The van der Waals surface area contributed by atoms with Gasteiger partial charge in [0.2, 0.25) is 17.7 Å². The van der Waals surface area contributed by atoms with Gasteiger partial charge in [0.1, 0.15) is 6.04 Å². The van der Waals surface area contributed by atoms with Crippen LogP contribution in [0.5, 0.6) is 0 Å². The average Bonchev–Trinajstić information content (AvgIpc) is 3.28. The van der Waals surface area contributed by atoms with Gasteiger partial charge in [-0.15, -0.1) is 11.8 Å². The second kappa shape index (κ2) is 11.0. The van der Waals surface area contributed by atoms with E-state index in [1.54, 1.807) is 21.6 Å². The fourth-order valence-corrected chi connectivity index (χ4v) is 9.86. The number of aliphatic hydroxyl groups excluding tert-OH is 1. The molecule has 5 aliphatic rings. The summed E-state index contributed by atoms with van der Waals surface area (Å²) in [6.07, 6.45) is 14.3. The average molecular weight is 564 g/mol. The number of hydrogen-bond acceptors (Lipinski definition) is 5. The molecule has 1 unspecified atom stereocenters. The topological polar surface area (TPSA) is 81.2 Å². The van der Waals surface area contributed by atoms with E-state index in [0.717, 1.165) is 31.4 Å². The summed E-state index contributed by atoms with van der Waals surface area (Å²) in [5.41, 5.74) is 0.812. The minimum atomic E-state index is -0.850. The third kappa shape index (κ3) is 4.42. The molecular formula is C32H41N3O4S. The standard InChI is InChI=1S/C32H41N3O4S/c1-21(2)19-24(20-36)35-28-31(39)34(23-13-7-4-8-14-23)18-10-16-32(28)27(30(35)38)26-25(40-32)15-9-17-33(29(26)37)22-11-5-3-6-12-22/h3,5-6,9-12,15-16,21,23-28,36H,4,7-8,13-14,17-20H2,1-2H3/t24-,25-,26+,27+,28?,32+/m1/s1. The fraction of sp³-hybridized carbons (Fsp3) is 0.594. The zero-order chi connectivity index (χ0) is 28.0. The van der Waals surface area contributed by atoms with Gasteiger partial charge >= 0.3 is 0 Å². The van der Waals surface area contributed by atoms with Crippen LogP contribution >= 0.6 is 11.8 Å². The maximum Gasteiger partial charge on any atom is 0.247 e. The zero-order valence-corrected chi connectivity index (χ0v) is 24.3. The van der Waals surface area contributed by atoms with Gasteiger partial charge in [0.15, 0.2) is 0 Å². The molecule has 4 heterocycles. The second-order valence-electron chi connectivity index (χ2n) is 12.5. The highest BCUT2D eigenvalue weighted by Crippen LogP contribution is 2.61. The van der Waals surface area contributed by atoms with Crippen LogP contribution in [0.25, 0.3) is 0 Å². The Bertz CT molecular complexity index is 1200. The SMILES string of the molecule is CC(C)C[C@H](CO)N1C(=O)[C@@H]2[C@H]3C(=O)N(c4ccccc4)CC=C[C@H]3S[C@@]23C=CCN(C2CCCCC2)C(=O)C13. The lowest BCUT2D eigenvalue weighted by molar-refractivity contribution is -0.147. The molecule has 40 heavy (non-hydrogen) atoms. The van der Waals surface area contributed by atoms with Crippen molar-refractivity contribution in [2.75, 3.05) is 24.6 Å². The molecule has 0 radical (unpaired) electrons. The Balaban J connectivity index is 1.44. The lowest BCUT2D eigenvalue weighted by atomic mass is 9.78. The van der Waals surface area contributed by atoms with Crippen LogP contribution in [0.3, 0.4) is 0 Å². The summed E-state index contributed by atoms with van der Waals surface area (Å²) >= 11 is 1.62. The highest BCUT2D eigenvalue weighted by Gasteiger charge is 2.72. The summed E-state index contributed by atoms with van der Waals surface area (Å²) in [5, 5.41) is 10.4. The van der Waals surface area contributed by atoms with Gasteiger partial charge in [0.25, 0.3) is 0 Å². The number of benzene rings is 1. The lowest BCUT2D eigenvalue weighted by Gasteiger charge is -2.41. The Hall–Kier alpha value is -2.58. The molecule has 6 rings (SSSR count). The number of anilines is 1. The summed E-state index contributed by atoms with van der Waals surface area (Å²) in [7, 11) is 0. The largest absolute Gasteiger partial charge is 0.394 e. The van der Waals surface area contributed by atoms with E-state index >= 15 is 0 Å². The molecule has 1 N–H and O–H groups in total. The molecular weight excluding hydrogens is 522 g/mol. The first-order valence-corrected chi connectivity index (χ1v) is 15.9. The maximum atomic E-state index is 14.7. The van der Waals surface area contributed by atoms with Gasteiger partial charge in [-0.3, -0.25) is 14.4 Å². The summed E-state index contributed by atoms with van der Waals surface area (Å²) in [5.74, 6) is -1.25. The molecule has 0 aromatic heterocycles. The van der Waals surface area contributed by atoms with E-state index in [1.165, 1.54) is 6.42 Å². The number of para-hydroxylation sites is 1. The number of nitrogens with zero attached hydrogens (tertiary/aromatic N) is 3. The van der Waals surface area contributed by atoms with Gasteiger partial charge in [-0.05, 0) is 37.3 Å². The van der Waals surface area contributed by atoms with Crippen LogP contribution in [0.15, 0.2) is 54.6 Å². The molecule has 1 aliphatic carbocycles. The molecule has 214 valence electrons. The quantitative estimate of drug-likeness (QED) is 0.529. The van der Waals surface area contributed by atoms with Crippen molar-refractivity contribution in [2.45, 2.75) is 80.5 Å². The summed E-state index contributed by atoms with van der Waals surface area (Å²) in [6, 6.07) is 8.59. The van der Waals surface area contributed by atoms with Crippen molar-refractivity contribution in [3.63, 3.8) is 0 Å². The van der Waals surface area contributed by atoms with Crippen molar-refractivity contribution in [3.8, 4) is 0 Å². The number of amides is 3. The van der Waals surface area contributed by atoms with Crippen LogP contribution in [0.1, 0.15) is 52.4 Å². The summed E-state index contributed by atoms with van der Waals surface area (Å²) in [6.45, 7) is 4.93. The molecule has 8 heteroatoms. The van der Waals surface area contributed by atoms with E-state index in [2.05, 4.69) is 32.1 Å². The number of thioether (sulfide) groups is 1. The Kier molecular flexibility index (Phi) is 7.59. The van der Waals surface area contributed by atoms with E-state index in [-0.39, 0.29) is 41.5 Å². The molecule has 1 aromatic rings. The second-order valence-corrected chi connectivity index (χ2v) is 13.9. The van der Waals surface area contributed by atoms with Crippen molar-refractivity contribution in [3.05, 3.63) is 54.6 Å². The van der Waals surface area contributed by atoms with Crippen molar-refractivity contribution in [2.24, 2.45) is 17.8 Å². The Morgan fingerprint density at radius 2 is 1.73 bits per heavy atom. The number of carbonyl (C=O) groups excluding carboxylic acids is 3. The van der Waals surface area contributed by atoms with E-state index in [0.29, 0.717) is 19.5 Å². The highest BCUT2D eigenvalue weighted by atomic mass is 32.2. The van der Waals surface area contributed by atoms with Crippen molar-refractivity contribution >= 4 is 35.2 Å². The fourth-order valence-electron chi connectivity index (χ4n) is 7.87. The van der Waals surface area contributed by atoms with E-state index < -0.39 is 28.7 Å². The monoisotopic (exact) mass is 563 g/mol. The van der Waals surface area contributed by atoms with Gasteiger partial charge in [0.05, 0.1) is 29.2 Å². The third-order valence-corrected chi connectivity index (χ3v) is 11.3. The van der Waals surface area contributed by atoms with Crippen LogP contribution in [0.2, 0.25) is 0 Å². The van der Waals surface area contributed by atoms with E-state index in [4.69, 9.17) is 0 Å². The predicted molar refractivity (Wildman–Crippen MR) is 158 cm³/mol. The Morgan fingerprint density at radius 3 is 2.42 bits per heavy atom. The van der Waals surface area contributed by atoms with Crippen LogP contribution < -0.4 is 4.90 Å². The Labute approximate surface area is 241 Å². The number of likely N-dealkylation sites (tertiary alicyclic amines) is 1. The van der Waals surface area contributed by atoms with Crippen molar-refractivity contribution < 1.29 is 19.5 Å². The summed E-state index contributed by atoms with van der Waals surface area (Å²) < 4.78 is -0.850. The molecule has 4 aliphatic heterocycles. The van der Waals surface area contributed by atoms with Gasteiger partial charge in [-0.1, -0.05) is 75.6 Å². The Morgan fingerprint density at radius 1 is 0.975 bits per heavy atom. The van der Waals surface area contributed by atoms with Crippen molar-refractivity contribution in [1.29, 1.82) is 0 Å². The maximum absolute atomic E-state index is 14.7. The van der Waals surface area contributed by atoms with Crippen LogP contribution in [0.4, 0.5) is 5.69 Å². The van der Waals surface area contributed by atoms with Crippen LogP contribution in [-0.4, -0.2) is 80.4 Å². The normalized spacial score (nSPS) is 33.2. The van der Waals surface area contributed by atoms with E-state index in [9.17, 15) is 19.5 Å². The minimum Gasteiger partial charge on any atom is -0.394 e. The first-order chi connectivity index (χ1) is 19.4. The van der Waals surface area contributed by atoms with E-state index in [1.807, 2.05) is 41.3 Å². The van der Waals surface area contributed by atoms with Gasteiger partial charge in [-0.25, -0.2) is 0 Å². The van der Waals surface area contributed by atoms with Gasteiger partial charge < -0.3 is 19.8 Å². The van der Waals surface area contributed by atoms with Crippen LogP contribution in [-0.2, 0) is 14.4 Å². The number of carbonyl (C=O) groups is 3. The number of aliphatic hydroxyl groups is 1. The molecule has 3 amide bonds. The molecule has 1 spiro atoms. The predicted octanol–water partition coefficient (Wildman–Crippen LogP) is 4.02. The highest BCUT2D eigenvalue weighted by molar-refractivity contribution is 8.02. The first kappa shape index (κ1) is 27.6. The molecule has 6 atom stereocenters. The first-order valence-electron chi connectivity index (χ1n) is 15.0. The molecule has 7 nitrogen and oxygen atoms in total. The lowest BCUT2D eigenvalue weighted by Crippen LogP contribution is -2.58. The smallest absolute Gasteiger partial charge is 0.247 e. The van der Waals surface area contributed by atoms with Gasteiger partial charge in [-0.2, -0.15) is 0 Å². The molecule has 1 aromatic carbocycles. The zero-order valence-electron chi connectivity index (χ0n) is 23.5. The number of fused-ring (bicyclic) bond motifs is 2. The minimum absolute atomic E-state index is 0.0183. The third-order valence-electron chi connectivity index (χ3n) is 9.56. The van der Waals surface area contributed by atoms with Crippen molar-refractivity contribution in [1.82, 2.24) is 9.80 Å². The summed E-state index contributed by atoms with van der Waals surface area (Å²) in [4.78, 5) is 49.1. The molecule has 0 bridgehead atoms. The van der Waals surface area contributed by atoms with Crippen LogP contribution in [0, 0.1) is 17.8 Å².